The van der Waals surface area contributed by atoms with Gasteiger partial charge in [0.05, 0.1) is 17.4 Å². The highest BCUT2D eigenvalue weighted by molar-refractivity contribution is 5.93. The van der Waals surface area contributed by atoms with E-state index in [-0.39, 0.29) is 17.1 Å². The van der Waals surface area contributed by atoms with Gasteiger partial charge in [-0.05, 0) is 48.9 Å². The molecule has 3 rings (SSSR count). The van der Waals surface area contributed by atoms with Crippen molar-refractivity contribution in [2.24, 2.45) is 0 Å². The second kappa shape index (κ2) is 5.44. The summed E-state index contributed by atoms with van der Waals surface area (Å²) >= 11 is 0. The van der Waals surface area contributed by atoms with E-state index in [0.717, 1.165) is 12.8 Å². The molecule has 2 aromatic rings. The number of aryl methyl sites for hydroxylation is 2. The van der Waals surface area contributed by atoms with Crippen LogP contribution < -0.4 is 10.5 Å². The normalized spacial score (nSPS) is 13.5. The number of nitrogen functional groups attached to an aromatic ring is 1. The molecule has 21 heavy (non-hydrogen) atoms. The summed E-state index contributed by atoms with van der Waals surface area (Å²) in [6.07, 6.45) is 5.90. The topological polar surface area (TPSA) is 85.4 Å². The smallest absolute Gasteiger partial charge is 0.338 e. The van der Waals surface area contributed by atoms with Gasteiger partial charge >= 0.3 is 5.97 Å². The summed E-state index contributed by atoms with van der Waals surface area (Å²) in [6.45, 7) is 0. The molecular formula is C16H16N2O3. The second-order valence-corrected chi connectivity index (χ2v) is 5.15. The van der Waals surface area contributed by atoms with E-state index in [1.165, 1.54) is 36.2 Å². The fourth-order valence-electron chi connectivity index (χ4n) is 2.58. The largest absolute Gasteiger partial charge is 0.478 e. The van der Waals surface area contributed by atoms with E-state index in [9.17, 15) is 4.79 Å². The predicted molar refractivity (Wildman–Crippen MR) is 78.8 cm³/mol. The Morgan fingerprint density at radius 1 is 1.19 bits per heavy atom. The molecule has 0 radical (unpaired) electrons. The summed E-state index contributed by atoms with van der Waals surface area (Å²) in [5.74, 6) is -0.188. The molecule has 1 aromatic heterocycles. The Kier molecular flexibility index (Phi) is 3.48. The molecule has 1 aliphatic rings. The molecule has 0 saturated carbocycles. The third-order valence-electron chi connectivity index (χ3n) is 3.68. The van der Waals surface area contributed by atoms with Gasteiger partial charge in [0.1, 0.15) is 5.75 Å². The molecule has 5 heteroatoms. The Hall–Kier alpha value is -2.56. The standard InChI is InChI=1S/C16H16N2O3/c17-14-9-18-15(8-13(14)16(19)20)21-12-6-5-10-3-1-2-4-11(10)7-12/h5-9H,1-4,17H2,(H,19,20). The number of ether oxygens (including phenoxy) is 1. The van der Waals surface area contributed by atoms with Gasteiger partial charge < -0.3 is 15.6 Å². The number of nitrogens with two attached hydrogens (primary N) is 1. The summed E-state index contributed by atoms with van der Waals surface area (Å²) in [5, 5.41) is 9.05. The van der Waals surface area contributed by atoms with Crippen molar-refractivity contribution in [1.82, 2.24) is 4.98 Å². The lowest BCUT2D eigenvalue weighted by Crippen LogP contribution is -2.04. The molecular weight excluding hydrogens is 268 g/mol. The van der Waals surface area contributed by atoms with Crippen molar-refractivity contribution in [1.29, 1.82) is 0 Å². The molecule has 0 fully saturated rings. The Labute approximate surface area is 122 Å². The van der Waals surface area contributed by atoms with Crippen LogP contribution in [-0.4, -0.2) is 16.1 Å². The number of aromatic nitrogens is 1. The molecule has 1 aliphatic carbocycles. The minimum atomic E-state index is -1.09. The van der Waals surface area contributed by atoms with Gasteiger partial charge in [0, 0.05) is 6.07 Å². The molecule has 0 saturated heterocycles. The molecule has 0 bridgehead atoms. The number of hydrogen-bond donors (Lipinski definition) is 2. The second-order valence-electron chi connectivity index (χ2n) is 5.15. The Bertz CT molecular complexity index is 698. The van der Waals surface area contributed by atoms with Crippen LogP contribution in [0.3, 0.4) is 0 Å². The van der Waals surface area contributed by atoms with Crippen LogP contribution in [0.25, 0.3) is 0 Å². The maximum Gasteiger partial charge on any atom is 0.338 e. The van der Waals surface area contributed by atoms with E-state index in [1.807, 2.05) is 12.1 Å². The van der Waals surface area contributed by atoms with Crippen LogP contribution in [0.15, 0.2) is 30.5 Å². The van der Waals surface area contributed by atoms with Gasteiger partial charge in [0.25, 0.3) is 0 Å². The van der Waals surface area contributed by atoms with Gasteiger partial charge in [-0.2, -0.15) is 0 Å². The van der Waals surface area contributed by atoms with Crippen LogP contribution in [0.4, 0.5) is 5.69 Å². The number of carbonyl (C=O) groups is 1. The molecule has 0 spiro atoms. The van der Waals surface area contributed by atoms with Gasteiger partial charge in [0.2, 0.25) is 5.88 Å². The van der Waals surface area contributed by atoms with Crippen molar-refractivity contribution in [2.75, 3.05) is 5.73 Å². The SMILES string of the molecule is Nc1cnc(Oc2ccc3c(c2)CCCC3)cc1C(=O)O. The van der Waals surface area contributed by atoms with E-state index in [1.54, 1.807) is 0 Å². The van der Waals surface area contributed by atoms with Crippen molar-refractivity contribution >= 4 is 11.7 Å². The molecule has 1 aromatic carbocycles. The first kappa shape index (κ1) is 13.4. The highest BCUT2D eigenvalue weighted by Gasteiger charge is 2.13. The van der Waals surface area contributed by atoms with Gasteiger partial charge in [-0.15, -0.1) is 0 Å². The van der Waals surface area contributed by atoms with Crippen LogP contribution in [0.2, 0.25) is 0 Å². The number of rotatable bonds is 3. The summed E-state index contributed by atoms with van der Waals surface area (Å²) in [6, 6.07) is 7.31. The molecule has 0 atom stereocenters. The van der Waals surface area contributed by atoms with E-state index in [0.29, 0.717) is 5.75 Å². The number of anilines is 1. The van der Waals surface area contributed by atoms with Crippen molar-refractivity contribution in [2.45, 2.75) is 25.7 Å². The van der Waals surface area contributed by atoms with Gasteiger partial charge in [-0.3, -0.25) is 0 Å². The zero-order valence-corrected chi connectivity index (χ0v) is 11.5. The number of aromatic carboxylic acids is 1. The number of hydrogen-bond acceptors (Lipinski definition) is 4. The number of nitrogens with zero attached hydrogens (tertiary/aromatic N) is 1. The van der Waals surface area contributed by atoms with Gasteiger partial charge in [-0.25, -0.2) is 9.78 Å². The van der Waals surface area contributed by atoms with Crippen LogP contribution in [0.1, 0.15) is 34.3 Å². The van der Waals surface area contributed by atoms with Crippen molar-refractivity contribution in [3.05, 3.63) is 47.2 Å². The molecule has 108 valence electrons. The van der Waals surface area contributed by atoms with Gasteiger partial charge in [-0.1, -0.05) is 6.07 Å². The zero-order valence-electron chi connectivity index (χ0n) is 11.5. The van der Waals surface area contributed by atoms with Gasteiger partial charge in [0.15, 0.2) is 0 Å². The minimum Gasteiger partial charge on any atom is -0.478 e. The van der Waals surface area contributed by atoms with Crippen LogP contribution >= 0.6 is 0 Å². The Morgan fingerprint density at radius 2 is 1.95 bits per heavy atom. The molecule has 0 aliphatic heterocycles. The monoisotopic (exact) mass is 284 g/mol. The number of benzene rings is 1. The lowest BCUT2D eigenvalue weighted by molar-refractivity contribution is 0.0697. The number of carboxylic acid groups (broad SMARTS) is 1. The summed E-state index contributed by atoms with van der Waals surface area (Å²) in [5.41, 5.74) is 8.36. The molecule has 1 heterocycles. The number of fused-ring (bicyclic) bond motifs is 1. The Morgan fingerprint density at radius 3 is 2.71 bits per heavy atom. The van der Waals surface area contributed by atoms with E-state index in [4.69, 9.17) is 15.6 Å². The average molecular weight is 284 g/mol. The summed E-state index contributed by atoms with van der Waals surface area (Å²) in [7, 11) is 0. The maximum absolute atomic E-state index is 11.1. The third kappa shape index (κ3) is 2.81. The van der Waals surface area contributed by atoms with Crippen LogP contribution in [0, 0.1) is 0 Å². The van der Waals surface area contributed by atoms with Crippen LogP contribution in [0.5, 0.6) is 11.6 Å². The summed E-state index contributed by atoms with van der Waals surface area (Å²) < 4.78 is 5.66. The fraction of sp³-hybridized carbons (Fsp3) is 0.250. The molecule has 0 unspecified atom stereocenters. The lowest BCUT2D eigenvalue weighted by atomic mass is 9.92. The Balaban J connectivity index is 1.86. The first-order valence-corrected chi connectivity index (χ1v) is 6.92. The molecule has 0 amide bonds. The van der Waals surface area contributed by atoms with E-state index >= 15 is 0 Å². The fourth-order valence-corrected chi connectivity index (χ4v) is 2.58. The van der Waals surface area contributed by atoms with Crippen molar-refractivity contribution in [3.63, 3.8) is 0 Å². The lowest BCUT2D eigenvalue weighted by Gasteiger charge is -2.16. The molecule has 3 N–H and O–H groups in total. The third-order valence-corrected chi connectivity index (χ3v) is 3.68. The maximum atomic E-state index is 11.1. The zero-order chi connectivity index (χ0) is 14.8. The summed E-state index contributed by atoms with van der Waals surface area (Å²) in [4.78, 5) is 15.1. The highest BCUT2D eigenvalue weighted by Crippen LogP contribution is 2.28. The number of carboxylic acids is 1. The van der Waals surface area contributed by atoms with Crippen molar-refractivity contribution < 1.29 is 14.6 Å². The highest BCUT2D eigenvalue weighted by atomic mass is 16.5. The van der Waals surface area contributed by atoms with E-state index < -0.39 is 5.97 Å². The van der Waals surface area contributed by atoms with Crippen molar-refractivity contribution in [3.8, 4) is 11.6 Å². The first-order valence-electron chi connectivity index (χ1n) is 6.92. The average Bonchev–Trinajstić information content (AvgIpc) is 2.49. The minimum absolute atomic E-state index is 0.00189. The first-order chi connectivity index (χ1) is 10.1. The molecule has 5 nitrogen and oxygen atoms in total. The number of pyridine rings is 1. The predicted octanol–water partition coefficient (Wildman–Crippen LogP) is 3.03. The van der Waals surface area contributed by atoms with Crippen LogP contribution in [-0.2, 0) is 12.8 Å². The van der Waals surface area contributed by atoms with E-state index in [2.05, 4.69) is 11.1 Å². The quantitative estimate of drug-likeness (QED) is 0.904.